The number of rotatable bonds is 82. The first kappa shape index (κ1) is 103. The summed E-state index contributed by atoms with van der Waals surface area (Å²) in [6, 6.07) is 0. The van der Waals surface area contributed by atoms with Gasteiger partial charge in [0, 0.05) is 19.3 Å². The fourth-order valence-corrected chi connectivity index (χ4v) is 13.4. The van der Waals surface area contributed by atoms with Gasteiger partial charge in [0.2, 0.25) is 0 Å². The summed E-state index contributed by atoms with van der Waals surface area (Å²) < 4.78 is 61.3. The van der Waals surface area contributed by atoms with E-state index in [4.69, 9.17) is 32.3 Å². The number of esters is 3. The molecule has 0 fully saturated rings. The van der Waals surface area contributed by atoms with Gasteiger partial charge in [-0.25, -0.2) is 9.13 Å². The fraction of sp³-hybridized carbons (Fsp3) is 0.764. The highest BCUT2D eigenvalue weighted by molar-refractivity contribution is 7.47. The highest BCUT2D eigenvalue weighted by Gasteiger charge is 2.29. The molecule has 18 heteroatoms. The zero-order valence-corrected chi connectivity index (χ0v) is 69.8. The van der Waals surface area contributed by atoms with Crippen LogP contribution >= 0.6 is 15.6 Å². The van der Waals surface area contributed by atoms with Crippen molar-refractivity contribution in [3.63, 3.8) is 0 Å². The Morgan fingerprint density at radius 3 is 0.766 bits per heavy atom. The molecule has 0 aliphatic heterocycles. The van der Waals surface area contributed by atoms with Crippen molar-refractivity contribution in [3.05, 3.63) is 109 Å². The monoisotopic (exact) mass is 1550 g/mol. The molecule has 0 aromatic heterocycles. The Hall–Kier alpha value is -3.79. The number of hydrogen-bond donors (Lipinski definition) is 4. The minimum absolute atomic E-state index is 0.0938. The first-order chi connectivity index (χ1) is 52.2. The van der Waals surface area contributed by atoms with Gasteiger partial charge in [-0.3, -0.25) is 32.5 Å². The van der Waals surface area contributed by atoms with Gasteiger partial charge in [-0.05, 0) is 135 Å². The predicted molar refractivity (Wildman–Crippen MR) is 445 cm³/mol. The van der Waals surface area contributed by atoms with Gasteiger partial charge in [-0.15, -0.1) is 0 Å². The lowest BCUT2D eigenvalue weighted by Gasteiger charge is -2.21. The van der Waals surface area contributed by atoms with Crippen LogP contribution in [0, 0.1) is 0 Å². The molecule has 16 nitrogen and oxygen atoms in total. The average Bonchev–Trinajstić information content (AvgIpc) is 0.906. The highest BCUT2D eigenvalue weighted by Crippen LogP contribution is 2.45. The summed E-state index contributed by atoms with van der Waals surface area (Å²) in [5.41, 5.74) is 0. The molecule has 0 spiro atoms. The molecule has 5 atom stereocenters. The summed E-state index contributed by atoms with van der Waals surface area (Å²) in [7, 11) is -9.79. The SMILES string of the molecule is CCCCC/C=C\C/C=C\C/C=C\C/C=C\CCCCCCCCCCCCCCCCCC(=O)OCC(O)COP(=O)(O)OCC(O)COP(=O)(O)OCC(COC(=O)CCCCCCCCCCC/C=C\C/C=C\C/C=C\C/C=C\CCCCC)OC(=O)CCCCCCC/C=C\CCCCCCCC. The summed E-state index contributed by atoms with van der Waals surface area (Å²) in [6.45, 7) is 2.65. The maximum atomic E-state index is 13.0. The van der Waals surface area contributed by atoms with E-state index in [-0.39, 0.29) is 19.3 Å². The van der Waals surface area contributed by atoms with Crippen molar-refractivity contribution in [2.24, 2.45) is 0 Å². The maximum absolute atomic E-state index is 13.0. The molecule has 0 aliphatic carbocycles. The lowest BCUT2D eigenvalue weighted by molar-refractivity contribution is -0.161. The lowest BCUT2D eigenvalue weighted by atomic mass is 10.0. The average molecular weight is 1550 g/mol. The van der Waals surface area contributed by atoms with Crippen LogP contribution in [0.25, 0.3) is 0 Å². The normalized spacial score (nSPS) is 14.4. The van der Waals surface area contributed by atoms with Gasteiger partial charge in [0.15, 0.2) is 6.10 Å². The van der Waals surface area contributed by atoms with Gasteiger partial charge in [0.25, 0.3) is 0 Å². The molecular formula is C89H158O16P2. The number of allylic oxidation sites excluding steroid dienone is 18. The molecule has 620 valence electrons. The molecule has 0 aromatic rings. The van der Waals surface area contributed by atoms with Crippen molar-refractivity contribution in [1.29, 1.82) is 0 Å². The number of unbranched alkanes of at least 4 members (excludes halogenated alkanes) is 41. The summed E-state index contributed by atoms with van der Waals surface area (Å²) in [5.74, 6) is -1.58. The maximum Gasteiger partial charge on any atom is 0.472 e. The Morgan fingerprint density at radius 1 is 0.262 bits per heavy atom. The molecule has 0 aliphatic rings. The zero-order valence-electron chi connectivity index (χ0n) is 68.0. The number of phosphoric ester groups is 2. The van der Waals surface area contributed by atoms with E-state index in [0.717, 1.165) is 128 Å². The van der Waals surface area contributed by atoms with Crippen molar-refractivity contribution < 1.29 is 75.8 Å². The van der Waals surface area contributed by atoms with Gasteiger partial charge in [-0.2, -0.15) is 0 Å². The van der Waals surface area contributed by atoms with E-state index >= 15 is 0 Å². The Morgan fingerprint density at radius 2 is 0.467 bits per heavy atom. The van der Waals surface area contributed by atoms with Gasteiger partial charge in [-0.1, -0.05) is 336 Å². The quantitative estimate of drug-likeness (QED) is 0.0146. The summed E-state index contributed by atoms with van der Waals surface area (Å²) in [5, 5.41) is 20.7. The second kappa shape index (κ2) is 81.7. The van der Waals surface area contributed by atoms with Gasteiger partial charge >= 0.3 is 33.6 Å². The van der Waals surface area contributed by atoms with Crippen LogP contribution in [0.1, 0.15) is 380 Å². The smallest absolute Gasteiger partial charge is 0.463 e. The van der Waals surface area contributed by atoms with E-state index in [2.05, 4.69) is 130 Å². The van der Waals surface area contributed by atoms with Gasteiger partial charge < -0.3 is 34.2 Å². The molecule has 0 saturated carbocycles. The molecule has 107 heavy (non-hydrogen) atoms. The Bertz CT molecular complexity index is 2380. The number of aliphatic hydroxyl groups is 2. The van der Waals surface area contributed by atoms with E-state index < -0.39 is 91.5 Å². The molecule has 0 aromatic carbocycles. The molecule has 0 rings (SSSR count). The number of aliphatic hydroxyl groups excluding tert-OH is 2. The van der Waals surface area contributed by atoms with Gasteiger partial charge in [0.05, 0.1) is 26.4 Å². The van der Waals surface area contributed by atoms with Crippen LogP contribution in [0.2, 0.25) is 0 Å². The van der Waals surface area contributed by atoms with Crippen molar-refractivity contribution in [1.82, 2.24) is 0 Å². The van der Waals surface area contributed by atoms with E-state index in [1.165, 1.54) is 193 Å². The number of ether oxygens (including phenoxy) is 3. The predicted octanol–water partition coefficient (Wildman–Crippen LogP) is 25.9. The van der Waals surface area contributed by atoms with Crippen molar-refractivity contribution in [3.8, 4) is 0 Å². The third kappa shape index (κ3) is 83.0. The second-order valence-corrected chi connectivity index (χ2v) is 31.9. The number of carbonyl (C=O) groups excluding carboxylic acids is 3. The largest absolute Gasteiger partial charge is 0.472 e. The Labute approximate surface area is 653 Å². The van der Waals surface area contributed by atoms with Crippen LogP contribution in [0.4, 0.5) is 0 Å². The summed E-state index contributed by atoms with van der Waals surface area (Å²) in [6.07, 6.45) is 97.1. The molecule has 0 amide bonds. The van der Waals surface area contributed by atoms with Crippen LogP contribution in [0.5, 0.6) is 0 Å². The topological polar surface area (TPSA) is 231 Å². The third-order valence-electron chi connectivity index (χ3n) is 18.4. The summed E-state index contributed by atoms with van der Waals surface area (Å²) >= 11 is 0. The van der Waals surface area contributed by atoms with Crippen molar-refractivity contribution in [2.45, 2.75) is 399 Å². The van der Waals surface area contributed by atoms with Crippen LogP contribution in [-0.4, -0.2) is 95.9 Å². The Kier molecular flexibility index (Phi) is 78.8. The van der Waals surface area contributed by atoms with Crippen LogP contribution in [0.15, 0.2) is 109 Å². The minimum Gasteiger partial charge on any atom is -0.463 e. The molecule has 0 bridgehead atoms. The molecule has 0 radical (unpaired) electrons. The van der Waals surface area contributed by atoms with E-state index in [0.29, 0.717) is 19.3 Å². The van der Waals surface area contributed by atoms with E-state index in [1.807, 2.05) is 0 Å². The Balaban J connectivity index is 4.49. The molecule has 0 saturated heterocycles. The third-order valence-corrected chi connectivity index (χ3v) is 20.3. The molecule has 4 N–H and O–H groups in total. The zero-order chi connectivity index (χ0) is 78.0. The first-order valence-corrected chi connectivity index (χ1v) is 46.2. The fourth-order valence-electron chi connectivity index (χ4n) is 11.8. The van der Waals surface area contributed by atoms with E-state index in [1.54, 1.807) is 0 Å². The van der Waals surface area contributed by atoms with E-state index in [9.17, 15) is 43.5 Å². The van der Waals surface area contributed by atoms with Gasteiger partial charge in [0.1, 0.15) is 25.4 Å². The number of carbonyl (C=O) groups is 3. The highest BCUT2D eigenvalue weighted by atomic mass is 31.2. The van der Waals surface area contributed by atoms with Crippen LogP contribution < -0.4 is 0 Å². The van der Waals surface area contributed by atoms with Crippen LogP contribution in [-0.2, 0) is 55.8 Å². The standard InChI is InChI=1S/C89H158O16P2/c1-4-7-10-13-16-19-22-25-28-30-32-34-36-38-39-40-41-42-43-45-47-48-50-52-55-57-60-63-66-69-72-75-87(92)99-78-84(90)79-101-106(95,96)102-80-85(91)81-103-107(97,98)104-83-86(105-89(94)77-74-71-68-65-62-59-54-27-24-21-18-15-12-9-6-3)82-100-88(93)76-73-70-67-64-61-58-56-53-51-49-46-44-37-35-33-31-29-26-23-20-17-14-11-8-5-2/h16-17,19-20,25-29,32-35,38-39,44,46,54,84-86,90-91H,4-15,18,21-24,30-31,36-37,40-43,45,47-53,55-83H2,1-3H3,(H,95,96)(H,97,98)/b19-16-,20-17-,28-25-,29-26-,34-32-,35-33-,39-38-,46-44-,54-27-. The molecular weight excluding hydrogens is 1390 g/mol. The minimum atomic E-state index is -4.94. The number of hydrogen-bond acceptors (Lipinski definition) is 14. The molecule has 5 unspecified atom stereocenters. The van der Waals surface area contributed by atoms with Crippen molar-refractivity contribution in [2.75, 3.05) is 39.6 Å². The summed E-state index contributed by atoms with van der Waals surface area (Å²) in [4.78, 5) is 58.8. The van der Waals surface area contributed by atoms with Crippen LogP contribution in [0.3, 0.4) is 0 Å². The number of phosphoric acid groups is 2. The lowest BCUT2D eigenvalue weighted by Crippen LogP contribution is -2.30. The second-order valence-electron chi connectivity index (χ2n) is 29.0. The van der Waals surface area contributed by atoms with Crippen molar-refractivity contribution >= 4 is 33.6 Å². The molecule has 0 heterocycles. The first-order valence-electron chi connectivity index (χ1n) is 43.2.